The summed E-state index contributed by atoms with van der Waals surface area (Å²) < 4.78 is 0. The summed E-state index contributed by atoms with van der Waals surface area (Å²) in [4.78, 5) is 15.5. The minimum atomic E-state index is 0.441. The van der Waals surface area contributed by atoms with Crippen molar-refractivity contribution < 1.29 is 0 Å². The van der Waals surface area contributed by atoms with Crippen LogP contribution in [0.15, 0.2) is 18.2 Å². The van der Waals surface area contributed by atoms with Gasteiger partial charge in [-0.2, -0.15) is 0 Å². The number of benzene rings is 1. The number of unbranched alkanes of at least 4 members (excludes halogenated alkanes) is 3. The third-order valence-corrected chi connectivity index (χ3v) is 7.60. The van der Waals surface area contributed by atoms with Crippen LogP contribution in [0.5, 0.6) is 0 Å². The van der Waals surface area contributed by atoms with E-state index in [1.807, 2.05) is 0 Å². The number of pyridine rings is 1. The van der Waals surface area contributed by atoms with Crippen molar-refractivity contribution in [1.29, 1.82) is 0 Å². The van der Waals surface area contributed by atoms with Crippen molar-refractivity contribution in [3.05, 3.63) is 29.6 Å². The summed E-state index contributed by atoms with van der Waals surface area (Å²) in [5.74, 6) is 2.55. The van der Waals surface area contributed by atoms with Crippen LogP contribution in [0, 0.1) is 11.3 Å². The molecule has 2 heterocycles. The fraction of sp³-hybridized carbons (Fsp3) is 0.655. The first-order valence-electron chi connectivity index (χ1n) is 13.6. The number of hydrogen-bond acceptors (Lipinski definition) is 4. The number of nitrogens with zero attached hydrogens (tertiary/aromatic N) is 3. The Bertz CT molecular complexity index is 1080. The maximum absolute atomic E-state index is 6.28. The van der Waals surface area contributed by atoms with Gasteiger partial charge in [0.2, 0.25) is 0 Å². The van der Waals surface area contributed by atoms with Crippen LogP contribution in [-0.4, -0.2) is 40.0 Å². The van der Waals surface area contributed by atoms with E-state index in [9.17, 15) is 0 Å². The lowest BCUT2D eigenvalue weighted by molar-refractivity contribution is 0.139. The highest BCUT2D eigenvalue weighted by Crippen LogP contribution is 2.37. The van der Waals surface area contributed by atoms with E-state index in [1.54, 1.807) is 0 Å². The SMILES string of the molecule is CCCCc1nc2c([nH]1)c(N)nc1cc(CCCCCN(C)CC(C)(C)CC3CCC3)ccc12. The average molecular weight is 464 g/mol. The lowest BCUT2D eigenvalue weighted by Gasteiger charge is -2.37. The molecule has 0 radical (unpaired) electrons. The van der Waals surface area contributed by atoms with Crippen molar-refractivity contribution in [1.82, 2.24) is 19.9 Å². The zero-order chi connectivity index (χ0) is 24.1. The molecule has 0 atom stereocenters. The Morgan fingerprint density at radius 2 is 1.91 bits per heavy atom. The molecule has 1 aromatic carbocycles. The first-order chi connectivity index (χ1) is 16.3. The Labute approximate surface area is 205 Å². The van der Waals surface area contributed by atoms with Crippen LogP contribution < -0.4 is 5.73 Å². The van der Waals surface area contributed by atoms with Crippen LogP contribution in [0.4, 0.5) is 5.82 Å². The van der Waals surface area contributed by atoms with Gasteiger partial charge in [-0.15, -0.1) is 0 Å². The second-order valence-corrected chi connectivity index (χ2v) is 11.6. The largest absolute Gasteiger partial charge is 0.382 e. The van der Waals surface area contributed by atoms with E-state index in [0.29, 0.717) is 11.2 Å². The number of anilines is 1. The lowest BCUT2D eigenvalue weighted by atomic mass is 9.73. The molecule has 0 saturated heterocycles. The lowest BCUT2D eigenvalue weighted by Crippen LogP contribution is -2.34. The number of aromatic nitrogens is 3. The molecule has 5 nitrogen and oxygen atoms in total. The summed E-state index contributed by atoms with van der Waals surface area (Å²) in [5, 5.41) is 1.10. The van der Waals surface area contributed by atoms with Crippen molar-refractivity contribution in [2.75, 3.05) is 25.9 Å². The third-order valence-electron chi connectivity index (χ3n) is 7.60. The fourth-order valence-corrected chi connectivity index (χ4v) is 5.72. The smallest absolute Gasteiger partial charge is 0.150 e. The van der Waals surface area contributed by atoms with Gasteiger partial charge in [-0.05, 0) is 68.7 Å². The molecular weight excluding hydrogens is 418 g/mol. The predicted octanol–water partition coefficient (Wildman–Crippen LogP) is 6.90. The standard InChI is InChI=1S/C29H45N5/c1-5-6-14-25-32-26-23-16-15-21(18-24(23)31-28(30)27(26)33-25)11-8-7-9-17-34(4)20-29(2,3)19-22-12-10-13-22/h15-16,18,22H,5-14,17,19-20H2,1-4H3,(H2,30,31)(H,32,33). The van der Waals surface area contributed by atoms with Crippen molar-refractivity contribution in [3.8, 4) is 0 Å². The van der Waals surface area contributed by atoms with Gasteiger partial charge in [0.25, 0.3) is 0 Å². The van der Waals surface area contributed by atoms with Gasteiger partial charge < -0.3 is 15.6 Å². The van der Waals surface area contributed by atoms with E-state index in [-0.39, 0.29) is 0 Å². The maximum atomic E-state index is 6.28. The molecule has 1 aliphatic rings. The molecule has 3 N–H and O–H groups in total. The number of aryl methyl sites for hydroxylation is 2. The Morgan fingerprint density at radius 1 is 1.09 bits per heavy atom. The van der Waals surface area contributed by atoms with Gasteiger partial charge in [0, 0.05) is 18.4 Å². The van der Waals surface area contributed by atoms with Crippen molar-refractivity contribution in [3.63, 3.8) is 0 Å². The van der Waals surface area contributed by atoms with Gasteiger partial charge in [0.05, 0.1) is 5.52 Å². The number of nitrogen functional groups attached to an aromatic ring is 1. The van der Waals surface area contributed by atoms with Crippen molar-refractivity contribution >= 4 is 27.8 Å². The molecule has 0 amide bonds. The molecule has 0 unspecified atom stereocenters. The quantitative estimate of drug-likeness (QED) is 0.271. The number of hydrogen-bond donors (Lipinski definition) is 2. The molecule has 2 aromatic heterocycles. The molecule has 1 aliphatic carbocycles. The Kier molecular flexibility index (Phi) is 8.13. The number of fused-ring (bicyclic) bond motifs is 3. The minimum absolute atomic E-state index is 0.441. The second-order valence-electron chi connectivity index (χ2n) is 11.6. The predicted molar refractivity (Wildman–Crippen MR) is 145 cm³/mol. The van der Waals surface area contributed by atoms with Crippen LogP contribution in [0.2, 0.25) is 0 Å². The van der Waals surface area contributed by atoms with E-state index < -0.39 is 0 Å². The summed E-state index contributed by atoms with van der Waals surface area (Å²) in [7, 11) is 2.30. The zero-order valence-corrected chi connectivity index (χ0v) is 21.9. The molecule has 34 heavy (non-hydrogen) atoms. The maximum Gasteiger partial charge on any atom is 0.150 e. The monoisotopic (exact) mass is 463 g/mol. The first kappa shape index (κ1) is 25.0. The van der Waals surface area contributed by atoms with E-state index in [1.165, 1.54) is 63.6 Å². The number of aromatic amines is 1. The number of nitrogens with one attached hydrogen (secondary N) is 1. The Morgan fingerprint density at radius 3 is 2.65 bits per heavy atom. The van der Waals surface area contributed by atoms with Gasteiger partial charge in [0.15, 0.2) is 0 Å². The number of H-pyrrole nitrogens is 1. The molecule has 3 aromatic rings. The van der Waals surface area contributed by atoms with Crippen LogP contribution in [0.1, 0.15) is 89.9 Å². The van der Waals surface area contributed by atoms with Gasteiger partial charge >= 0.3 is 0 Å². The average Bonchev–Trinajstić information content (AvgIpc) is 3.19. The molecule has 0 bridgehead atoms. The zero-order valence-electron chi connectivity index (χ0n) is 21.9. The third kappa shape index (κ3) is 6.29. The summed E-state index contributed by atoms with van der Waals surface area (Å²) in [6, 6.07) is 6.64. The van der Waals surface area contributed by atoms with E-state index in [0.717, 1.165) is 59.4 Å². The van der Waals surface area contributed by atoms with Gasteiger partial charge in [-0.1, -0.05) is 65.0 Å². The summed E-state index contributed by atoms with van der Waals surface area (Å²) >= 11 is 0. The summed E-state index contributed by atoms with van der Waals surface area (Å²) in [6.45, 7) is 9.51. The van der Waals surface area contributed by atoms with Gasteiger partial charge in [0.1, 0.15) is 22.7 Å². The summed E-state index contributed by atoms with van der Waals surface area (Å²) in [5.41, 5.74) is 10.9. The minimum Gasteiger partial charge on any atom is -0.382 e. The van der Waals surface area contributed by atoms with Crippen LogP contribution in [0.25, 0.3) is 21.9 Å². The van der Waals surface area contributed by atoms with E-state index >= 15 is 0 Å². The molecule has 1 saturated carbocycles. The highest BCUT2D eigenvalue weighted by atomic mass is 15.1. The molecule has 1 fully saturated rings. The molecule has 186 valence electrons. The molecular formula is C29H45N5. The molecule has 0 aliphatic heterocycles. The molecule has 4 rings (SSSR count). The van der Waals surface area contributed by atoms with Gasteiger partial charge in [-0.25, -0.2) is 9.97 Å². The van der Waals surface area contributed by atoms with Crippen molar-refractivity contribution in [2.45, 2.75) is 91.4 Å². The fourth-order valence-electron chi connectivity index (χ4n) is 5.72. The summed E-state index contributed by atoms with van der Waals surface area (Å²) in [6.07, 6.45) is 13.8. The molecule has 5 heteroatoms. The topological polar surface area (TPSA) is 70.8 Å². The number of rotatable bonds is 13. The van der Waals surface area contributed by atoms with E-state index in [2.05, 4.69) is 55.9 Å². The van der Waals surface area contributed by atoms with Crippen LogP contribution in [0.3, 0.4) is 0 Å². The van der Waals surface area contributed by atoms with Crippen LogP contribution in [-0.2, 0) is 12.8 Å². The number of nitrogens with two attached hydrogens (primary N) is 1. The van der Waals surface area contributed by atoms with Crippen LogP contribution >= 0.6 is 0 Å². The van der Waals surface area contributed by atoms with Crippen molar-refractivity contribution in [2.24, 2.45) is 11.3 Å². The molecule has 0 spiro atoms. The van der Waals surface area contributed by atoms with Gasteiger partial charge in [-0.3, -0.25) is 0 Å². The highest BCUT2D eigenvalue weighted by molar-refractivity contribution is 6.06. The normalized spacial score (nSPS) is 15.0. The first-order valence-corrected chi connectivity index (χ1v) is 13.6. The second kappa shape index (κ2) is 11.1. The Balaban J connectivity index is 1.27. The number of imidazole rings is 1. The van der Waals surface area contributed by atoms with E-state index in [4.69, 9.17) is 15.7 Å². The highest BCUT2D eigenvalue weighted by Gasteiger charge is 2.28. The Hall–Kier alpha value is -2.14.